The first-order valence-corrected chi connectivity index (χ1v) is 8.45. The van der Waals surface area contributed by atoms with Crippen molar-refractivity contribution in [2.45, 2.75) is 19.3 Å². The fraction of sp³-hybridized carbons (Fsp3) is 0.353. The van der Waals surface area contributed by atoms with Crippen LogP contribution in [0.2, 0.25) is 5.02 Å². The smallest absolute Gasteiger partial charge is 0.243 e. The van der Waals surface area contributed by atoms with Crippen LogP contribution in [0.3, 0.4) is 0 Å². The summed E-state index contributed by atoms with van der Waals surface area (Å²) in [6.45, 7) is 2.18. The monoisotopic (exact) mass is 345 g/mol. The van der Waals surface area contributed by atoms with E-state index in [1.165, 1.54) is 25.6 Å². The fourth-order valence-corrected chi connectivity index (χ4v) is 2.77. The normalized spacial score (nSPS) is 14.3. The number of hydrogen-bond donors (Lipinski definition) is 2. The number of nitrogens with zero attached hydrogens (tertiary/aromatic N) is 3. The van der Waals surface area contributed by atoms with Crippen LogP contribution in [0.4, 0.5) is 17.3 Å². The minimum atomic E-state index is -0.143. The van der Waals surface area contributed by atoms with Crippen LogP contribution in [0.5, 0.6) is 0 Å². The zero-order valence-corrected chi connectivity index (χ0v) is 14.1. The van der Waals surface area contributed by atoms with Crippen molar-refractivity contribution in [2.75, 3.05) is 35.2 Å². The summed E-state index contributed by atoms with van der Waals surface area (Å²) in [5, 5.41) is 6.48. The lowest BCUT2D eigenvalue weighted by Crippen LogP contribution is -2.30. The molecule has 6 nitrogen and oxygen atoms in total. The molecule has 126 valence electrons. The lowest BCUT2D eigenvalue weighted by molar-refractivity contribution is -0.114. The van der Waals surface area contributed by atoms with Gasteiger partial charge in [-0.25, -0.2) is 9.97 Å². The number of halogens is 1. The lowest BCUT2D eigenvalue weighted by Gasteiger charge is -2.27. The number of rotatable bonds is 5. The zero-order valence-electron chi connectivity index (χ0n) is 13.3. The number of amides is 1. The largest absolute Gasteiger partial charge is 0.361 e. The molecule has 1 aromatic carbocycles. The zero-order chi connectivity index (χ0) is 16.8. The van der Waals surface area contributed by atoms with E-state index in [0.29, 0.717) is 16.5 Å². The number of carbonyl (C=O) groups is 1. The summed E-state index contributed by atoms with van der Waals surface area (Å²) in [4.78, 5) is 22.8. The Hall–Kier alpha value is -2.34. The van der Waals surface area contributed by atoms with Crippen molar-refractivity contribution in [1.82, 2.24) is 9.97 Å². The first-order chi connectivity index (χ1) is 11.7. The third-order valence-electron chi connectivity index (χ3n) is 3.89. The average Bonchev–Trinajstić information content (AvgIpc) is 2.63. The van der Waals surface area contributed by atoms with E-state index < -0.39 is 0 Å². The summed E-state index contributed by atoms with van der Waals surface area (Å²) < 4.78 is 0. The molecule has 7 heteroatoms. The SMILES string of the molecule is O=C(CNc1cc(N2CCCCC2)ncn1)Nc1ccc(Cl)cc1. The van der Waals surface area contributed by atoms with Gasteiger partial charge >= 0.3 is 0 Å². The number of carbonyl (C=O) groups excluding carboxylic acids is 1. The Kier molecular flexibility index (Phi) is 5.48. The molecule has 1 saturated heterocycles. The summed E-state index contributed by atoms with van der Waals surface area (Å²) in [6.07, 6.45) is 5.19. The molecule has 1 aliphatic heterocycles. The van der Waals surface area contributed by atoms with Crippen LogP contribution in [-0.2, 0) is 4.79 Å². The van der Waals surface area contributed by atoms with Crippen molar-refractivity contribution in [3.63, 3.8) is 0 Å². The molecule has 0 radical (unpaired) electrons. The maximum Gasteiger partial charge on any atom is 0.243 e. The maximum absolute atomic E-state index is 12.0. The van der Waals surface area contributed by atoms with Gasteiger partial charge in [-0.1, -0.05) is 11.6 Å². The minimum Gasteiger partial charge on any atom is -0.361 e. The average molecular weight is 346 g/mol. The molecule has 0 aliphatic carbocycles. The van der Waals surface area contributed by atoms with E-state index in [9.17, 15) is 4.79 Å². The van der Waals surface area contributed by atoms with Crippen molar-refractivity contribution >= 4 is 34.8 Å². The van der Waals surface area contributed by atoms with Gasteiger partial charge in [-0.15, -0.1) is 0 Å². The van der Waals surface area contributed by atoms with Crippen LogP contribution in [0.15, 0.2) is 36.7 Å². The number of piperidine rings is 1. The Bertz CT molecular complexity index is 686. The van der Waals surface area contributed by atoms with Crippen LogP contribution in [-0.4, -0.2) is 35.5 Å². The Morgan fingerprint density at radius 1 is 1.12 bits per heavy atom. The Labute approximate surface area is 146 Å². The summed E-state index contributed by atoms with van der Waals surface area (Å²) in [5.41, 5.74) is 0.711. The standard InChI is InChI=1S/C17H20ClN5O/c18-13-4-6-14(7-5-13)22-17(24)11-19-15-10-16(21-12-20-15)23-8-2-1-3-9-23/h4-7,10,12H,1-3,8-9,11H2,(H,22,24)(H,19,20,21). The third-order valence-corrected chi connectivity index (χ3v) is 4.14. The number of benzene rings is 1. The molecule has 0 spiro atoms. The summed E-state index contributed by atoms with van der Waals surface area (Å²) in [5.74, 6) is 1.41. The Morgan fingerprint density at radius 2 is 1.88 bits per heavy atom. The second-order valence-corrected chi connectivity index (χ2v) is 6.15. The molecule has 0 unspecified atom stereocenters. The molecule has 24 heavy (non-hydrogen) atoms. The second kappa shape index (κ2) is 7.97. The third kappa shape index (κ3) is 4.58. The lowest BCUT2D eigenvalue weighted by atomic mass is 10.1. The predicted molar refractivity (Wildman–Crippen MR) is 96.7 cm³/mol. The summed E-state index contributed by atoms with van der Waals surface area (Å²) >= 11 is 5.83. The highest BCUT2D eigenvalue weighted by atomic mass is 35.5. The highest BCUT2D eigenvalue weighted by molar-refractivity contribution is 6.30. The maximum atomic E-state index is 12.0. The number of nitrogens with one attached hydrogen (secondary N) is 2. The molecule has 0 atom stereocenters. The molecular formula is C17H20ClN5O. The first-order valence-electron chi connectivity index (χ1n) is 8.07. The van der Waals surface area contributed by atoms with Gasteiger partial charge in [0.15, 0.2) is 0 Å². The second-order valence-electron chi connectivity index (χ2n) is 5.72. The molecular weight excluding hydrogens is 326 g/mol. The highest BCUT2D eigenvalue weighted by Crippen LogP contribution is 2.19. The van der Waals surface area contributed by atoms with Gasteiger partial charge in [-0.2, -0.15) is 0 Å². The number of hydrogen-bond acceptors (Lipinski definition) is 5. The molecule has 0 bridgehead atoms. The first kappa shape index (κ1) is 16.5. The van der Waals surface area contributed by atoms with Crippen molar-refractivity contribution in [1.29, 1.82) is 0 Å². The van der Waals surface area contributed by atoms with Gasteiger partial charge in [0.2, 0.25) is 5.91 Å². The van der Waals surface area contributed by atoms with Crippen LogP contribution in [0.25, 0.3) is 0 Å². The van der Waals surface area contributed by atoms with Crippen LogP contribution in [0, 0.1) is 0 Å². The van der Waals surface area contributed by atoms with E-state index >= 15 is 0 Å². The predicted octanol–water partition coefficient (Wildman–Crippen LogP) is 3.17. The van der Waals surface area contributed by atoms with Crippen LogP contribution in [0.1, 0.15) is 19.3 Å². The Balaban J connectivity index is 1.54. The van der Waals surface area contributed by atoms with Gasteiger partial charge < -0.3 is 15.5 Å². The minimum absolute atomic E-state index is 0.138. The molecule has 2 heterocycles. The van der Waals surface area contributed by atoms with Crippen LogP contribution >= 0.6 is 11.6 Å². The molecule has 1 aromatic heterocycles. The van der Waals surface area contributed by atoms with Gasteiger partial charge in [0.1, 0.15) is 18.0 Å². The van der Waals surface area contributed by atoms with Gasteiger partial charge in [0, 0.05) is 29.9 Å². The van der Waals surface area contributed by atoms with Crippen LogP contribution < -0.4 is 15.5 Å². The van der Waals surface area contributed by atoms with Gasteiger partial charge in [0.25, 0.3) is 0 Å². The van der Waals surface area contributed by atoms with E-state index in [4.69, 9.17) is 11.6 Å². The van der Waals surface area contributed by atoms with Crippen molar-refractivity contribution < 1.29 is 4.79 Å². The van der Waals surface area contributed by atoms with E-state index in [1.807, 2.05) is 6.07 Å². The molecule has 2 aromatic rings. The topological polar surface area (TPSA) is 70.2 Å². The van der Waals surface area contributed by atoms with E-state index in [2.05, 4.69) is 25.5 Å². The van der Waals surface area contributed by atoms with Gasteiger partial charge in [-0.05, 0) is 43.5 Å². The van der Waals surface area contributed by atoms with Crippen molar-refractivity contribution in [3.8, 4) is 0 Å². The van der Waals surface area contributed by atoms with Crippen molar-refractivity contribution in [2.24, 2.45) is 0 Å². The summed E-state index contributed by atoms with van der Waals surface area (Å²) in [6, 6.07) is 8.89. The van der Waals surface area contributed by atoms with Gasteiger partial charge in [-0.3, -0.25) is 4.79 Å². The molecule has 2 N–H and O–H groups in total. The fourth-order valence-electron chi connectivity index (χ4n) is 2.65. The quantitative estimate of drug-likeness (QED) is 0.871. The molecule has 1 aliphatic rings. The van der Waals surface area contributed by atoms with E-state index in [1.54, 1.807) is 24.3 Å². The number of aromatic nitrogens is 2. The van der Waals surface area contributed by atoms with Gasteiger partial charge in [0.05, 0.1) is 6.54 Å². The van der Waals surface area contributed by atoms with E-state index in [0.717, 1.165) is 18.9 Å². The molecule has 1 fully saturated rings. The van der Waals surface area contributed by atoms with Crippen molar-refractivity contribution in [3.05, 3.63) is 41.7 Å². The highest BCUT2D eigenvalue weighted by Gasteiger charge is 2.13. The Morgan fingerprint density at radius 3 is 2.62 bits per heavy atom. The molecule has 0 saturated carbocycles. The number of anilines is 3. The molecule has 1 amide bonds. The molecule has 3 rings (SSSR count). The summed E-state index contributed by atoms with van der Waals surface area (Å²) in [7, 11) is 0. The van der Waals surface area contributed by atoms with E-state index in [-0.39, 0.29) is 12.5 Å².